The molecule has 0 unspecified atom stereocenters. The fraction of sp³-hybridized carbons (Fsp3) is 0.514. The van der Waals surface area contributed by atoms with Crippen LogP contribution in [0.2, 0.25) is 0 Å². The molecule has 50 heavy (non-hydrogen) atoms. The van der Waals surface area contributed by atoms with E-state index < -0.39 is 46.6 Å². The third kappa shape index (κ3) is 12.0. The normalized spacial score (nSPS) is 12.2. The number of rotatable bonds is 15. The van der Waals surface area contributed by atoms with Crippen LogP contribution >= 0.6 is 0 Å². The van der Waals surface area contributed by atoms with Crippen LogP contribution in [0.5, 0.6) is 11.5 Å². The highest BCUT2D eigenvalue weighted by atomic mass is 19.1. The molecule has 0 aliphatic heterocycles. The molecule has 0 aliphatic carbocycles. The Morgan fingerprint density at radius 3 is 2.16 bits per heavy atom. The number of methoxy groups -OCH3 is 1. The van der Waals surface area contributed by atoms with Gasteiger partial charge in [-0.05, 0) is 97.1 Å². The van der Waals surface area contributed by atoms with Crippen molar-refractivity contribution < 1.29 is 37.7 Å². The molecule has 0 aliphatic rings. The van der Waals surface area contributed by atoms with Crippen molar-refractivity contribution in [1.82, 2.24) is 20.5 Å². The second-order valence-corrected chi connectivity index (χ2v) is 13.8. The number of nitrogens with zero attached hydrogens (tertiary/aromatic N) is 1. The first-order chi connectivity index (χ1) is 23.5. The van der Waals surface area contributed by atoms with Crippen LogP contribution in [0.3, 0.4) is 0 Å². The lowest BCUT2D eigenvalue weighted by Crippen LogP contribution is -2.48. The van der Waals surface area contributed by atoms with E-state index in [9.17, 15) is 19.2 Å². The molecular weight excluding hydrogens is 647 g/mol. The van der Waals surface area contributed by atoms with Crippen LogP contribution in [0.1, 0.15) is 74.1 Å². The van der Waals surface area contributed by atoms with Crippen molar-refractivity contribution in [2.75, 3.05) is 26.8 Å². The Hall–Kier alpha value is -4.81. The van der Waals surface area contributed by atoms with E-state index in [1.165, 1.54) is 19.2 Å². The molecule has 0 fully saturated rings. The van der Waals surface area contributed by atoms with E-state index in [2.05, 4.69) is 16.0 Å². The molecule has 13 heteroatoms. The van der Waals surface area contributed by atoms with Gasteiger partial charge in [0, 0.05) is 31.4 Å². The Morgan fingerprint density at radius 2 is 1.54 bits per heavy atom. The van der Waals surface area contributed by atoms with Crippen molar-refractivity contribution in [3.63, 3.8) is 0 Å². The minimum absolute atomic E-state index is 0.0787. The summed E-state index contributed by atoms with van der Waals surface area (Å²) in [5.41, 5.74) is -0.784. The van der Waals surface area contributed by atoms with E-state index in [1.807, 2.05) is 6.92 Å². The van der Waals surface area contributed by atoms with Gasteiger partial charge in [-0.2, -0.15) is 0 Å². The number of nitrogens with one attached hydrogen (secondary N) is 3. The van der Waals surface area contributed by atoms with Crippen LogP contribution < -0.4 is 30.9 Å². The lowest BCUT2D eigenvalue weighted by atomic mass is 10.0. The summed E-state index contributed by atoms with van der Waals surface area (Å²) in [4.78, 5) is 51.8. The average molecular weight is 699 g/mol. The topological polar surface area (TPSA) is 146 Å². The van der Waals surface area contributed by atoms with Crippen LogP contribution in [-0.4, -0.2) is 66.7 Å². The van der Waals surface area contributed by atoms with Gasteiger partial charge in [-0.1, -0.05) is 19.1 Å². The molecule has 1 heterocycles. The Balaban J connectivity index is 1.83. The van der Waals surface area contributed by atoms with E-state index in [-0.39, 0.29) is 36.0 Å². The number of benzene rings is 2. The molecule has 3 N–H and O–H groups in total. The number of carbonyl (C=O) groups is 3. The predicted molar refractivity (Wildman–Crippen MR) is 190 cm³/mol. The van der Waals surface area contributed by atoms with Gasteiger partial charge in [0.15, 0.2) is 5.43 Å². The maximum absolute atomic E-state index is 15.4. The molecule has 1 aromatic heterocycles. The van der Waals surface area contributed by atoms with Crippen LogP contribution in [0, 0.1) is 5.82 Å². The minimum Gasteiger partial charge on any atom is -0.497 e. The summed E-state index contributed by atoms with van der Waals surface area (Å²) < 4.78 is 38.9. The summed E-state index contributed by atoms with van der Waals surface area (Å²) in [6, 6.07) is 8.64. The zero-order valence-corrected chi connectivity index (χ0v) is 30.4. The van der Waals surface area contributed by atoms with Crippen molar-refractivity contribution in [3.05, 3.63) is 58.6 Å². The van der Waals surface area contributed by atoms with Gasteiger partial charge in [-0.3, -0.25) is 9.59 Å². The fourth-order valence-corrected chi connectivity index (χ4v) is 5.06. The standard InChI is InChI=1S/C37H51FN4O8/c1-9-22-48-29-18-17-27(38)30-31(29)42(23-26(32(30)43)24-13-15-25(47-8)16-14-24)21-20-39-33(44)28(41-35(46)50-37(5,6)7)12-10-11-19-40-34(45)49-36(2,3)4/h13-18,23,28H,9-12,19-22H2,1-8H3,(H,39,44)(H,40,45)(H,41,46)/t28-/m0/s1. The first kappa shape index (κ1) is 39.6. The summed E-state index contributed by atoms with van der Waals surface area (Å²) in [5, 5.41) is 8.09. The first-order valence-electron chi connectivity index (χ1n) is 16.9. The molecule has 2 aromatic carbocycles. The number of hydrogen-bond acceptors (Lipinski definition) is 8. The van der Waals surface area contributed by atoms with Gasteiger partial charge in [0.05, 0.1) is 24.6 Å². The lowest BCUT2D eigenvalue weighted by Gasteiger charge is -2.24. The number of halogens is 1. The summed E-state index contributed by atoms with van der Waals surface area (Å²) in [6.07, 6.45) is 2.35. The Bertz CT molecular complexity index is 1680. The summed E-state index contributed by atoms with van der Waals surface area (Å²) in [5.74, 6) is -0.194. The molecule has 12 nitrogen and oxygen atoms in total. The van der Waals surface area contributed by atoms with Gasteiger partial charge in [0.1, 0.15) is 34.6 Å². The van der Waals surface area contributed by atoms with Gasteiger partial charge in [0.2, 0.25) is 5.91 Å². The SMILES string of the molecule is CCCOc1ccc(F)c2c(=O)c(-c3ccc(OC)cc3)cn(CCNC(=O)[C@H](CCCCNC(=O)OC(C)(C)C)NC(=O)OC(C)(C)C)c12. The van der Waals surface area contributed by atoms with Gasteiger partial charge < -0.3 is 39.5 Å². The molecular formula is C37H51FN4O8. The first-order valence-corrected chi connectivity index (χ1v) is 16.9. The van der Waals surface area contributed by atoms with Crippen molar-refractivity contribution in [1.29, 1.82) is 0 Å². The highest BCUT2D eigenvalue weighted by Gasteiger charge is 2.25. The zero-order chi connectivity index (χ0) is 37.1. The van der Waals surface area contributed by atoms with Crippen LogP contribution in [0.25, 0.3) is 22.0 Å². The molecule has 3 aromatic rings. The third-order valence-electron chi connectivity index (χ3n) is 7.24. The molecule has 0 saturated carbocycles. The summed E-state index contributed by atoms with van der Waals surface area (Å²) >= 11 is 0. The molecule has 3 rings (SSSR count). The number of ether oxygens (including phenoxy) is 4. The van der Waals surface area contributed by atoms with Gasteiger partial charge in [0.25, 0.3) is 0 Å². The Kier molecular flexibility index (Phi) is 14.0. The number of carbonyl (C=O) groups excluding carboxylic acids is 3. The zero-order valence-electron chi connectivity index (χ0n) is 30.4. The van der Waals surface area contributed by atoms with Gasteiger partial charge in [-0.25, -0.2) is 14.0 Å². The fourth-order valence-electron chi connectivity index (χ4n) is 5.06. The van der Waals surface area contributed by atoms with Crippen LogP contribution in [0.4, 0.5) is 14.0 Å². The number of unbranched alkanes of at least 4 members (excludes halogenated alkanes) is 1. The van der Waals surface area contributed by atoms with Crippen LogP contribution in [0.15, 0.2) is 47.4 Å². The van der Waals surface area contributed by atoms with Crippen LogP contribution in [-0.2, 0) is 20.8 Å². The Labute approximate surface area is 293 Å². The molecule has 1 atom stereocenters. The monoisotopic (exact) mass is 698 g/mol. The number of amides is 3. The molecule has 0 saturated heterocycles. The number of fused-ring (bicyclic) bond motifs is 1. The van der Waals surface area contributed by atoms with Gasteiger partial charge in [-0.15, -0.1) is 0 Å². The van der Waals surface area contributed by atoms with Gasteiger partial charge >= 0.3 is 12.2 Å². The number of hydrogen-bond donors (Lipinski definition) is 3. The highest BCUT2D eigenvalue weighted by Crippen LogP contribution is 2.30. The smallest absolute Gasteiger partial charge is 0.408 e. The minimum atomic E-state index is -0.937. The third-order valence-corrected chi connectivity index (χ3v) is 7.24. The van der Waals surface area contributed by atoms with E-state index in [0.29, 0.717) is 49.5 Å². The molecule has 3 amide bonds. The van der Waals surface area contributed by atoms with Crippen molar-refractivity contribution >= 4 is 29.0 Å². The summed E-state index contributed by atoms with van der Waals surface area (Å²) in [6.45, 7) is 13.3. The van der Waals surface area contributed by atoms with Crippen molar-refractivity contribution in [2.24, 2.45) is 0 Å². The number of aromatic nitrogens is 1. The largest absolute Gasteiger partial charge is 0.497 e. The number of pyridine rings is 1. The molecule has 0 bridgehead atoms. The maximum atomic E-state index is 15.4. The maximum Gasteiger partial charge on any atom is 0.408 e. The quantitative estimate of drug-likeness (QED) is 0.157. The van der Waals surface area contributed by atoms with E-state index in [4.69, 9.17) is 18.9 Å². The summed E-state index contributed by atoms with van der Waals surface area (Å²) in [7, 11) is 1.54. The second kappa shape index (κ2) is 17.7. The molecule has 274 valence electrons. The van der Waals surface area contributed by atoms with Crippen molar-refractivity contribution in [3.8, 4) is 22.6 Å². The second-order valence-electron chi connectivity index (χ2n) is 13.8. The van der Waals surface area contributed by atoms with Crippen molar-refractivity contribution in [2.45, 2.75) is 97.9 Å². The van der Waals surface area contributed by atoms with E-state index in [1.54, 1.807) is 76.6 Å². The molecule has 0 spiro atoms. The predicted octanol–water partition coefficient (Wildman–Crippen LogP) is 6.31. The van der Waals surface area contributed by atoms with E-state index >= 15 is 4.39 Å². The number of alkyl carbamates (subject to hydrolysis) is 2. The average Bonchev–Trinajstić information content (AvgIpc) is 3.02. The van der Waals surface area contributed by atoms with E-state index in [0.717, 1.165) is 0 Å². The molecule has 0 radical (unpaired) electrons. The highest BCUT2D eigenvalue weighted by molar-refractivity contribution is 5.89. The Morgan fingerprint density at radius 1 is 0.880 bits per heavy atom. The lowest BCUT2D eigenvalue weighted by molar-refractivity contribution is -0.123.